The van der Waals surface area contributed by atoms with Crippen LogP contribution in [0.3, 0.4) is 0 Å². The lowest BCUT2D eigenvalue weighted by Gasteiger charge is -2.13. The maximum Gasteiger partial charge on any atom is 0.298 e. The monoisotopic (exact) mass is 525 g/mol. The molecule has 36 heavy (non-hydrogen) atoms. The molecule has 0 aliphatic carbocycles. The molecule has 0 spiro atoms. The van der Waals surface area contributed by atoms with E-state index in [1.54, 1.807) is 55.5 Å². The Morgan fingerprint density at radius 3 is 2.44 bits per heavy atom. The van der Waals surface area contributed by atoms with Crippen molar-refractivity contribution in [3.63, 3.8) is 0 Å². The van der Waals surface area contributed by atoms with Crippen LogP contribution in [0.1, 0.15) is 15.9 Å². The molecule has 0 radical (unpaired) electrons. The third kappa shape index (κ3) is 5.01. The van der Waals surface area contributed by atoms with Gasteiger partial charge in [-0.1, -0.05) is 48.0 Å². The predicted molar refractivity (Wildman–Crippen MR) is 137 cm³/mol. The average Bonchev–Trinajstić information content (AvgIpc) is 2.82. The van der Waals surface area contributed by atoms with E-state index in [1.807, 2.05) is 0 Å². The largest absolute Gasteiger partial charge is 0.505 e. The van der Waals surface area contributed by atoms with E-state index in [-0.39, 0.29) is 22.0 Å². The van der Waals surface area contributed by atoms with E-state index in [0.717, 1.165) is 0 Å². The molecule has 184 valence electrons. The second-order valence-electron chi connectivity index (χ2n) is 7.77. The number of aromatic hydroxyl groups is 1. The Balaban J connectivity index is 1.86. The van der Waals surface area contributed by atoms with Crippen LogP contribution >= 0.6 is 11.6 Å². The number of benzene rings is 4. The molecule has 0 fully saturated rings. The maximum absolute atomic E-state index is 13.1. The number of carbonyl (C=O) groups is 1. The van der Waals surface area contributed by atoms with Gasteiger partial charge in [-0.15, -0.1) is 10.2 Å². The highest BCUT2D eigenvalue weighted by Crippen LogP contribution is 2.41. The number of ether oxygens (including phenoxy) is 1. The molecule has 0 aromatic heterocycles. The van der Waals surface area contributed by atoms with Gasteiger partial charge in [0.05, 0.1) is 23.4 Å². The van der Waals surface area contributed by atoms with Crippen LogP contribution in [0, 0.1) is 6.92 Å². The van der Waals surface area contributed by atoms with Gasteiger partial charge in [-0.3, -0.25) is 9.35 Å². The van der Waals surface area contributed by atoms with Crippen molar-refractivity contribution in [3.05, 3.63) is 82.9 Å². The van der Waals surface area contributed by atoms with Gasteiger partial charge in [0.1, 0.15) is 22.0 Å². The van der Waals surface area contributed by atoms with E-state index < -0.39 is 26.7 Å². The lowest BCUT2D eigenvalue weighted by atomic mass is 10.0. The Bertz CT molecular complexity index is 1640. The number of fused-ring (bicyclic) bond motifs is 1. The Labute approximate surface area is 211 Å². The van der Waals surface area contributed by atoms with Gasteiger partial charge in [0.2, 0.25) is 0 Å². The summed E-state index contributed by atoms with van der Waals surface area (Å²) in [5.74, 6) is -0.673. The van der Waals surface area contributed by atoms with Gasteiger partial charge in [0.25, 0.3) is 16.0 Å². The Kier molecular flexibility index (Phi) is 6.93. The molecule has 4 aromatic rings. The molecule has 0 saturated heterocycles. The van der Waals surface area contributed by atoms with Crippen LogP contribution in [0.5, 0.6) is 11.5 Å². The first-order valence-electron chi connectivity index (χ1n) is 10.5. The molecule has 3 N–H and O–H groups in total. The summed E-state index contributed by atoms with van der Waals surface area (Å²) in [4.78, 5) is 12.5. The molecule has 0 aliphatic heterocycles. The molecule has 0 unspecified atom stereocenters. The number of aryl methyl sites for hydroxylation is 1. The minimum absolute atomic E-state index is 0.0720. The number of phenolic OH excluding ortho intramolecular Hbond substituents is 1. The molecule has 0 atom stereocenters. The van der Waals surface area contributed by atoms with Crippen LogP contribution in [-0.4, -0.2) is 31.1 Å². The third-order valence-electron chi connectivity index (χ3n) is 5.28. The Morgan fingerprint density at radius 1 is 1.03 bits per heavy atom. The number of nitrogens with one attached hydrogen (secondary N) is 1. The summed E-state index contributed by atoms with van der Waals surface area (Å²) in [6.45, 7) is 1.66. The van der Waals surface area contributed by atoms with Crippen molar-refractivity contribution in [2.45, 2.75) is 11.8 Å². The molecule has 4 aromatic carbocycles. The molecule has 4 rings (SSSR count). The van der Waals surface area contributed by atoms with E-state index >= 15 is 0 Å². The van der Waals surface area contributed by atoms with Crippen molar-refractivity contribution in [2.75, 3.05) is 12.4 Å². The normalized spacial score (nSPS) is 11.7. The second-order valence-corrected chi connectivity index (χ2v) is 9.53. The molecule has 0 bridgehead atoms. The quantitative estimate of drug-likeness (QED) is 0.196. The first-order chi connectivity index (χ1) is 17.1. The fraction of sp³-hybridized carbons (Fsp3) is 0.0800. The molecule has 1 amide bonds. The van der Waals surface area contributed by atoms with Gasteiger partial charge in [0, 0.05) is 5.39 Å². The summed E-state index contributed by atoms with van der Waals surface area (Å²) < 4.78 is 38.7. The fourth-order valence-corrected chi connectivity index (χ4v) is 4.90. The minimum atomic E-state index is -4.72. The number of rotatable bonds is 6. The number of methoxy groups -OCH3 is 1. The predicted octanol–water partition coefficient (Wildman–Crippen LogP) is 6.43. The van der Waals surface area contributed by atoms with Crippen LogP contribution in [0.15, 0.2) is 81.9 Å². The van der Waals surface area contributed by atoms with Gasteiger partial charge >= 0.3 is 0 Å². The van der Waals surface area contributed by atoms with Crippen LogP contribution in [-0.2, 0) is 10.1 Å². The zero-order valence-corrected chi connectivity index (χ0v) is 20.6. The van der Waals surface area contributed by atoms with Crippen molar-refractivity contribution in [1.29, 1.82) is 0 Å². The van der Waals surface area contributed by atoms with Gasteiger partial charge in [-0.2, -0.15) is 8.42 Å². The van der Waals surface area contributed by atoms with Crippen LogP contribution in [0.25, 0.3) is 10.8 Å². The van der Waals surface area contributed by atoms with Crippen molar-refractivity contribution < 1.29 is 27.6 Å². The maximum atomic E-state index is 13.1. The van der Waals surface area contributed by atoms with Crippen LogP contribution in [0.2, 0.25) is 5.02 Å². The highest BCUT2D eigenvalue weighted by molar-refractivity contribution is 7.86. The SMILES string of the molecule is COc1ccccc1NC(=O)c1cc2ccccc2c(N=Nc2cc(C)cc(Cl)c2S(=O)(=O)O)c1O. The smallest absolute Gasteiger partial charge is 0.298 e. The number of hydrogen-bond donors (Lipinski definition) is 3. The zero-order valence-electron chi connectivity index (χ0n) is 19.1. The van der Waals surface area contributed by atoms with Crippen LogP contribution < -0.4 is 10.1 Å². The van der Waals surface area contributed by atoms with E-state index in [2.05, 4.69) is 15.5 Å². The molecule has 0 saturated carbocycles. The van der Waals surface area contributed by atoms with Crippen LogP contribution in [0.4, 0.5) is 17.1 Å². The van der Waals surface area contributed by atoms with Gasteiger partial charge in [-0.05, 0) is 48.2 Å². The summed E-state index contributed by atoms with van der Waals surface area (Å²) in [7, 11) is -3.26. The first kappa shape index (κ1) is 25.1. The van der Waals surface area contributed by atoms with Crippen molar-refractivity contribution in [3.8, 4) is 11.5 Å². The highest BCUT2D eigenvalue weighted by Gasteiger charge is 2.22. The third-order valence-corrected chi connectivity index (χ3v) is 6.63. The molecular weight excluding hydrogens is 506 g/mol. The number of hydrogen-bond acceptors (Lipinski definition) is 7. The molecule has 0 aliphatic rings. The highest BCUT2D eigenvalue weighted by atomic mass is 35.5. The molecule has 9 nitrogen and oxygen atoms in total. The number of para-hydroxylation sites is 2. The minimum Gasteiger partial charge on any atom is -0.505 e. The number of carbonyl (C=O) groups excluding carboxylic acids is 1. The summed E-state index contributed by atoms with van der Waals surface area (Å²) in [6.07, 6.45) is 0. The number of nitrogens with zero attached hydrogens (tertiary/aromatic N) is 2. The second kappa shape index (κ2) is 9.94. The molecular formula is C25H20ClN3O6S. The van der Waals surface area contributed by atoms with Gasteiger partial charge in [-0.25, -0.2) is 0 Å². The standard InChI is InChI=1S/C25H20ClN3O6S/c1-14-11-18(26)24(36(32,33)34)20(12-14)28-29-22-16-8-4-3-7-15(16)13-17(23(22)30)25(31)27-19-9-5-6-10-21(19)35-2/h3-13,30H,1-2H3,(H,27,31)(H,32,33,34). The number of amides is 1. The Hall–Kier alpha value is -3.99. The van der Waals surface area contributed by atoms with E-state index in [9.17, 15) is 22.9 Å². The zero-order chi connectivity index (χ0) is 26.0. The Morgan fingerprint density at radius 2 is 1.72 bits per heavy atom. The number of phenols is 1. The number of halogens is 1. The average molecular weight is 526 g/mol. The van der Waals surface area contributed by atoms with Gasteiger partial charge in [0.15, 0.2) is 5.75 Å². The van der Waals surface area contributed by atoms with E-state index in [0.29, 0.717) is 27.8 Å². The molecule has 0 heterocycles. The van der Waals surface area contributed by atoms with E-state index in [4.69, 9.17) is 16.3 Å². The lowest BCUT2D eigenvalue weighted by molar-refractivity contribution is 0.102. The lowest BCUT2D eigenvalue weighted by Crippen LogP contribution is -2.13. The van der Waals surface area contributed by atoms with Crippen molar-refractivity contribution >= 4 is 55.5 Å². The van der Waals surface area contributed by atoms with Crippen molar-refractivity contribution in [2.24, 2.45) is 10.2 Å². The van der Waals surface area contributed by atoms with E-state index in [1.165, 1.54) is 25.3 Å². The number of azo groups is 1. The summed E-state index contributed by atoms with van der Waals surface area (Å²) in [5.41, 5.74) is 0.575. The summed E-state index contributed by atoms with van der Waals surface area (Å²) >= 11 is 6.04. The first-order valence-corrected chi connectivity index (χ1v) is 12.3. The summed E-state index contributed by atoms with van der Waals surface area (Å²) in [5, 5.41) is 22.6. The topological polar surface area (TPSA) is 138 Å². The van der Waals surface area contributed by atoms with Crippen molar-refractivity contribution in [1.82, 2.24) is 0 Å². The fourth-order valence-electron chi connectivity index (χ4n) is 3.67. The number of anilines is 1. The summed E-state index contributed by atoms with van der Waals surface area (Å²) in [6, 6.07) is 17.9. The molecule has 11 heteroatoms. The van der Waals surface area contributed by atoms with Gasteiger partial charge < -0.3 is 15.2 Å².